The molecule has 1 amide bonds. The first kappa shape index (κ1) is 20.9. The van der Waals surface area contributed by atoms with Crippen molar-refractivity contribution in [1.82, 2.24) is 14.8 Å². The van der Waals surface area contributed by atoms with Crippen molar-refractivity contribution in [3.63, 3.8) is 0 Å². The van der Waals surface area contributed by atoms with Crippen molar-refractivity contribution in [2.24, 2.45) is 0 Å². The fraction of sp³-hybridized carbons (Fsp3) is 0.0952. The van der Waals surface area contributed by atoms with Gasteiger partial charge < -0.3 is 9.15 Å². The van der Waals surface area contributed by atoms with Gasteiger partial charge in [-0.25, -0.2) is 14.1 Å². The van der Waals surface area contributed by atoms with Gasteiger partial charge in [-0.1, -0.05) is 41.4 Å². The second-order valence-electron chi connectivity index (χ2n) is 6.44. The van der Waals surface area contributed by atoms with Gasteiger partial charge in [0.2, 0.25) is 5.95 Å². The zero-order chi connectivity index (χ0) is 21.8. The quantitative estimate of drug-likeness (QED) is 0.409. The van der Waals surface area contributed by atoms with E-state index in [0.29, 0.717) is 22.1 Å². The maximum absolute atomic E-state index is 13.2. The Bertz CT molecular complexity index is 1220. The number of ether oxygens (including phenoxy) is 1. The highest BCUT2D eigenvalue weighted by atomic mass is 35.5. The van der Waals surface area contributed by atoms with Crippen LogP contribution in [0.1, 0.15) is 21.9 Å². The fourth-order valence-corrected chi connectivity index (χ4v) is 3.12. The van der Waals surface area contributed by atoms with Gasteiger partial charge in [-0.05, 0) is 42.0 Å². The van der Waals surface area contributed by atoms with Crippen LogP contribution in [-0.2, 0) is 13.2 Å². The van der Waals surface area contributed by atoms with Crippen molar-refractivity contribution in [2.75, 3.05) is 5.32 Å². The van der Waals surface area contributed by atoms with Crippen LogP contribution in [0.2, 0.25) is 10.0 Å². The predicted molar refractivity (Wildman–Crippen MR) is 113 cm³/mol. The number of nitrogens with one attached hydrogen (secondary N) is 1. The Morgan fingerprint density at radius 3 is 2.77 bits per heavy atom. The molecule has 158 valence electrons. The third kappa shape index (κ3) is 5.22. The highest BCUT2D eigenvalue weighted by Crippen LogP contribution is 2.24. The largest absolute Gasteiger partial charge is 0.484 e. The highest BCUT2D eigenvalue weighted by Gasteiger charge is 2.15. The lowest BCUT2D eigenvalue weighted by atomic mass is 10.2. The van der Waals surface area contributed by atoms with E-state index in [9.17, 15) is 9.18 Å². The summed E-state index contributed by atoms with van der Waals surface area (Å²) in [5, 5.41) is 7.48. The Hall–Kier alpha value is -3.36. The number of carbonyl (C=O) groups is 1. The molecule has 0 saturated carbocycles. The summed E-state index contributed by atoms with van der Waals surface area (Å²) >= 11 is 12.1. The van der Waals surface area contributed by atoms with Crippen LogP contribution < -0.4 is 10.1 Å². The molecule has 2 heterocycles. The summed E-state index contributed by atoms with van der Waals surface area (Å²) in [6.45, 7) is 0.384. The number of hydrogen-bond donors (Lipinski definition) is 1. The molecular formula is C21H15Cl2FN4O3. The molecule has 31 heavy (non-hydrogen) atoms. The van der Waals surface area contributed by atoms with Crippen LogP contribution in [0.4, 0.5) is 10.3 Å². The van der Waals surface area contributed by atoms with Crippen LogP contribution in [0.15, 0.2) is 65.3 Å². The van der Waals surface area contributed by atoms with Crippen LogP contribution in [-0.4, -0.2) is 20.7 Å². The number of carbonyl (C=O) groups excluding carboxylic acids is 1. The van der Waals surface area contributed by atoms with Gasteiger partial charge in [-0.2, -0.15) is 0 Å². The minimum absolute atomic E-state index is 0.0793. The third-order valence-electron chi connectivity index (χ3n) is 4.20. The van der Waals surface area contributed by atoms with Crippen LogP contribution in [0.5, 0.6) is 5.75 Å². The molecule has 7 nitrogen and oxygen atoms in total. The van der Waals surface area contributed by atoms with Gasteiger partial charge in [-0.3, -0.25) is 10.1 Å². The van der Waals surface area contributed by atoms with Gasteiger partial charge in [0.1, 0.15) is 30.3 Å². The number of amides is 1. The monoisotopic (exact) mass is 460 g/mol. The molecule has 0 bridgehead atoms. The standard InChI is InChI=1S/C21H15Cl2FN4O3/c22-16-3-1-2-4-18(16)30-11-15-7-8-19(31-15)20(29)26-21-25-12-28(27-21)10-13-5-6-14(24)9-17(13)23/h1-9,12H,10-11H2,(H,26,27,29). The molecule has 0 saturated heterocycles. The maximum Gasteiger partial charge on any atom is 0.293 e. The lowest BCUT2D eigenvalue weighted by molar-refractivity contribution is 0.0991. The maximum atomic E-state index is 13.2. The molecule has 0 aliphatic carbocycles. The van der Waals surface area contributed by atoms with Crippen molar-refractivity contribution in [2.45, 2.75) is 13.2 Å². The number of hydrogen-bond acceptors (Lipinski definition) is 5. The Morgan fingerprint density at radius 2 is 1.97 bits per heavy atom. The number of benzene rings is 2. The molecular weight excluding hydrogens is 446 g/mol. The van der Waals surface area contributed by atoms with E-state index in [1.54, 1.807) is 36.4 Å². The first-order valence-corrected chi connectivity index (χ1v) is 9.84. The van der Waals surface area contributed by atoms with Gasteiger partial charge in [0.15, 0.2) is 5.76 Å². The Kier molecular flexibility index (Phi) is 6.20. The molecule has 0 aliphatic heterocycles. The first-order chi connectivity index (χ1) is 15.0. The summed E-state index contributed by atoms with van der Waals surface area (Å²) in [5.41, 5.74) is 0.667. The molecule has 0 spiro atoms. The summed E-state index contributed by atoms with van der Waals surface area (Å²) in [7, 11) is 0. The number of para-hydroxylation sites is 1. The molecule has 0 radical (unpaired) electrons. The van der Waals surface area contributed by atoms with E-state index in [0.717, 1.165) is 0 Å². The summed E-state index contributed by atoms with van der Waals surface area (Å²) < 4.78 is 25.7. The molecule has 0 atom stereocenters. The number of anilines is 1. The van der Waals surface area contributed by atoms with E-state index >= 15 is 0 Å². The van der Waals surface area contributed by atoms with Gasteiger partial charge in [-0.15, -0.1) is 5.10 Å². The summed E-state index contributed by atoms with van der Waals surface area (Å²) in [6.07, 6.45) is 1.43. The smallest absolute Gasteiger partial charge is 0.293 e. The van der Waals surface area contributed by atoms with Crippen LogP contribution in [0.25, 0.3) is 0 Å². The van der Waals surface area contributed by atoms with Crippen molar-refractivity contribution in [3.8, 4) is 5.75 Å². The van der Waals surface area contributed by atoms with Crippen LogP contribution in [0.3, 0.4) is 0 Å². The van der Waals surface area contributed by atoms with E-state index in [1.165, 1.54) is 29.2 Å². The molecule has 0 aliphatic rings. The Morgan fingerprint density at radius 1 is 1.13 bits per heavy atom. The van der Waals surface area contributed by atoms with E-state index in [2.05, 4.69) is 15.4 Å². The second-order valence-corrected chi connectivity index (χ2v) is 7.26. The van der Waals surface area contributed by atoms with Gasteiger partial charge in [0, 0.05) is 5.02 Å². The Labute approximate surface area is 186 Å². The molecule has 4 aromatic rings. The SMILES string of the molecule is O=C(Nc1ncn(Cc2ccc(F)cc2Cl)n1)c1ccc(COc2ccccc2Cl)o1. The number of rotatable bonds is 7. The van der Waals surface area contributed by atoms with Crippen LogP contribution in [0, 0.1) is 5.82 Å². The molecule has 1 N–H and O–H groups in total. The molecule has 0 unspecified atom stereocenters. The van der Waals surface area contributed by atoms with Gasteiger partial charge >= 0.3 is 0 Å². The minimum atomic E-state index is -0.512. The minimum Gasteiger partial charge on any atom is -0.484 e. The van der Waals surface area contributed by atoms with E-state index < -0.39 is 11.7 Å². The third-order valence-corrected chi connectivity index (χ3v) is 4.87. The number of nitrogens with zero attached hydrogens (tertiary/aromatic N) is 3. The number of aromatic nitrogens is 3. The van der Waals surface area contributed by atoms with Crippen LogP contribution >= 0.6 is 23.2 Å². The predicted octanol–water partition coefficient (Wildman–Crippen LogP) is 5.20. The lowest BCUT2D eigenvalue weighted by Crippen LogP contribution is -2.12. The van der Waals surface area contributed by atoms with Crippen molar-refractivity contribution in [1.29, 1.82) is 0 Å². The second kappa shape index (κ2) is 9.20. The zero-order valence-corrected chi connectivity index (χ0v) is 17.4. The fourth-order valence-electron chi connectivity index (χ4n) is 2.70. The van der Waals surface area contributed by atoms with E-state index in [4.69, 9.17) is 32.4 Å². The molecule has 0 fully saturated rings. The zero-order valence-electron chi connectivity index (χ0n) is 15.9. The normalized spacial score (nSPS) is 10.8. The van der Waals surface area contributed by atoms with Crippen molar-refractivity contribution in [3.05, 3.63) is 93.9 Å². The Balaban J connectivity index is 1.35. The summed E-state index contributed by atoms with van der Waals surface area (Å²) in [4.78, 5) is 16.4. The number of furan rings is 1. The molecule has 2 aromatic heterocycles. The first-order valence-electron chi connectivity index (χ1n) is 9.09. The summed E-state index contributed by atoms with van der Waals surface area (Å²) in [5.74, 6) is 0.207. The molecule has 4 rings (SSSR count). The molecule has 2 aromatic carbocycles. The highest BCUT2D eigenvalue weighted by molar-refractivity contribution is 6.32. The van der Waals surface area contributed by atoms with Gasteiger partial charge in [0.25, 0.3) is 5.91 Å². The van der Waals surface area contributed by atoms with Gasteiger partial charge in [0.05, 0.1) is 11.6 Å². The average Bonchev–Trinajstić information content (AvgIpc) is 3.39. The van der Waals surface area contributed by atoms with Crippen molar-refractivity contribution >= 4 is 35.1 Å². The topological polar surface area (TPSA) is 82.2 Å². The van der Waals surface area contributed by atoms with E-state index in [-0.39, 0.29) is 29.9 Å². The van der Waals surface area contributed by atoms with Crippen molar-refractivity contribution < 1.29 is 18.3 Å². The average molecular weight is 461 g/mol. The lowest BCUT2D eigenvalue weighted by Gasteiger charge is -2.05. The summed E-state index contributed by atoms with van der Waals surface area (Å²) in [6, 6.07) is 14.3. The molecule has 10 heteroatoms. The number of halogens is 3. The van der Waals surface area contributed by atoms with E-state index in [1.807, 2.05) is 0 Å².